The van der Waals surface area contributed by atoms with Crippen molar-refractivity contribution in [3.8, 4) is 23.5 Å². The molecule has 3 saturated carbocycles. The molecule has 5 nitrogen and oxygen atoms in total. The Labute approximate surface area is 214 Å². The number of amides is 1. The van der Waals surface area contributed by atoms with E-state index >= 15 is 0 Å². The van der Waals surface area contributed by atoms with Crippen LogP contribution in [0.25, 0.3) is 17.2 Å². The van der Waals surface area contributed by atoms with Crippen molar-refractivity contribution in [1.82, 2.24) is 14.9 Å². The molecule has 6 rings (SSSR count). The molecule has 0 spiro atoms. The van der Waals surface area contributed by atoms with Crippen molar-refractivity contribution < 1.29 is 4.79 Å². The van der Waals surface area contributed by atoms with Gasteiger partial charge in [0.05, 0.1) is 23.0 Å². The molecule has 1 atom stereocenters. The number of terminal acetylenes is 1. The Morgan fingerprint density at radius 3 is 2.67 bits per heavy atom. The molecule has 4 fully saturated rings. The lowest BCUT2D eigenvalue weighted by Crippen LogP contribution is -2.56. The van der Waals surface area contributed by atoms with E-state index in [1.54, 1.807) is 6.08 Å². The Balaban J connectivity index is 1.36. The van der Waals surface area contributed by atoms with Crippen molar-refractivity contribution in [2.45, 2.75) is 63.8 Å². The zero-order chi connectivity index (χ0) is 24.8. The van der Waals surface area contributed by atoms with E-state index in [4.69, 9.17) is 11.4 Å². The fourth-order valence-corrected chi connectivity index (χ4v) is 5.79. The third-order valence-corrected chi connectivity index (χ3v) is 8.33. The first-order valence-corrected chi connectivity index (χ1v) is 13.4. The van der Waals surface area contributed by atoms with E-state index in [1.165, 1.54) is 24.8 Å². The van der Waals surface area contributed by atoms with Gasteiger partial charge in [0, 0.05) is 43.4 Å². The van der Waals surface area contributed by atoms with Crippen LogP contribution in [0.3, 0.4) is 0 Å². The van der Waals surface area contributed by atoms with E-state index in [2.05, 4.69) is 40.3 Å². The predicted molar refractivity (Wildman–Crippen MR) is 145 cm³/mol. The second-order valence-electron chi connectivity index (χ2n) is 10.8. The predicted octanol–water partition coefficient (Wildman–Crippen LogP) is 5.49. The van der Waals surface area contributed by atoms with Gasteiger partial charge >= 0.3 is 0 Å². The molecule has 1 amide bonds. The summed E-state index contributed by atoms with van der Waals surface area (Å²) in [6.45, 7) is 8.32. The molecule has 0 N–H and O–H groups in total. The average Bonchev–Trinajstić information content (AvgIpc) is 3.78. The standard InChI is InChI=1S/C31H34N4O/c1-4-25-18-24(13-14-32-25)29-20(3)26(5-2)31(33-30(29)23-11-12-23)34-15-16-35(27(19-34)22-9-10-22)28(36)17-21-7-6-8-21/h2,4,13-14,17-18,22-23,27H,1,6-12,15-16,19H2,3H3/t27-/m0/s1. The van der Waals surface area contributed by atoms with Crippen LogP contribution >= 0.6 is 0 Å². The van der Waals surface area contributed by atoms with Crippen molar-refractivity contribution in [2.75, 3.05) is 24.5 Å². The molecular weight excluding hydrogens is 444 g/mol. The first kappa shape index (κ1) is 23.0. The maximum Gasteiger partial charge on any atom is 0.246 e. The number of hydrogen-bond acceptors (Lipinski definition) is 4. The summed E-state index contributed by atoms with van der Waals surface area (Å²) in [6, 6.07) is 4.36. The van der Waals surface area contributed by atoms with Crippen LogP contribution in [0, 0.1) is 25.2 Å². The van der Waals surface area contributed by atoms with Crippen molar-refractivity contribution in [3.63, 3.8) is 0 Å². The van der Waals surface area contributed by atoms with E-state index < -0.39 is 0 Å². The summed E-state index contributed by atoms with van der Waals surface area (Å²) < 4.78 is 0. The summed E-state index contributed by atoms with van der Waals surface area (Å²) >= 11 is 0. The second kappa shape index (κ2) is 9.24. The largest absolute Gasteiger partial charge is 0.352 e. The molecule has 3 heterocycles. The Hall–Kier alpha value is -3.39. The molecule has 1 saturated heterocycles. The van der Waals surface area contributed by atoms with E-state index in [-0.39, 0.29) is 11.9 Å². The van der Waals surface area contributed by atoms with Crippen LogP contribution in [0.15, 0.2) is 36.6 Å². The van der Waals surface area contributed by atoms with Crippen molar-refractivity contribution in [1.29, 1.82) is 0 Å². The molecule has 0 aromatic carbocycles. The van der Waals surface area contributed by atoms with Gasteiger partial charge in [-0.25, -0.2) is 4.98 Å². The summed E-state index contributed by atoms with van der Waals surface area (Å²) in [6.07, 6.45) is 19.8. The topological polar surface area (TPSA) is 49.3 Å². The minimum Gasteiger partial charge on any atom is -0.352 e. The Bertz CT molecular complexity index is 1290. The fourth-order valence-electron chi connectivity index (χ4n) is 5.79. The Morgan fingerprint density at radius 1 is 1.22 bits per heavy atom. The maximum atomic E-state index is 13.1. The minimum atomic E-state index is 0.201. The smallest absolute Gasteiger partial charge is 0.246 e. The number of carbonyl (C=O) groups excluding carboxylic acids is 1. The number of anilines is 1. The van der Waals surface area contributed by atoms with E-state index in [0.717, 1.165) is 84.8 Å². The van der Waals surface area contributed by atoms with Gasteiger partial charge in [0.1, 0.15) is 5.82 Å². The third kappa shape index (κ3) is 4.23. The second-order valence-corrected chi connectivity index (χ2v) is 10.8. The molecule has 0 unspecified atom stereocenters. The van der Waals surface area contributed by atoms with Crippen LogP contribution in [0.5, 0.6) is 0 Å². The molecular formula is C31H34N4O. The van der Waals surface area contributed by atoms with Crippen LogP contribution in [-0.2, 0) is 4.79 Å². The van der Waals surface area contributed by atoms with Crippen LogP contribution in [0.1, 0.15) is 73.4 Å². The molecule has 3 aliphatic carbocycles. The number of hydrogen-bond donors (Lipinski definition) is 0. The van der Waals surface area contributed by atoms with Gasteiger partial charge in [-0.3, -0.25) is 9.78 Å². The van der Waals surface area contributed by atoms with Gasteiger partial charge < -0.3 is 9.80 Å². The first-order valence-electron chi connectivity index (χ1n) is 13.4. The highest BCUT2D eigenvalue weighted by atomic mass is 16.2. The van der Waals surface area contributed by atoms with Gasteiger partial charge in [-0.05, 0) is 87.1 Å². The number of piperazine rings is 1. The zero-order valence-electron chi connectivity index (χ0n) is 21.2. The monoisotopic (exact) mass is 478 g/mol. The highest BCUT2D eigenvalue weighted by molar-refractivity contribution is 5.89. The lowest BCUT2D eigenvalue weighted by Gasteiger charge is -2.42. The van der Waals surface area contributed by atoms with E-state index in [9.17, 15) is 4.79 Å². The number of allylic oxidation sites excluding steroid dienone is 1. The summed E-state index contributed by atoms with van der Waals surface area (Å²) in [5, 5.41) is 0. The Kier molecular flexibility index (Phi) is 5.91. The first-order chi connectivity index (χ1) is 17.6. The SMILES string of the molecule is C#Cc1c(N2CCN(C(=O)C=C3CCC3)[C@H](C3CC3)C2)nc(C2CC2)c(-c2ccnc(C=C)c2)c1C. The summed E-state index contributed by atoms with van der Waals surface area (Å²) in [5.74, 6) is 5.18. The quantitative estimate of drug-likeness (QED) is 0.407. The molecule has 184 valence electrons. The van der Waals surface area contributed by atoms with Crippen molar-refractivity contribution in [3.05, 3.63) is 59.1 Å². The lowest BCUT2D eigenvalue weighted by atomic mass is 9.91. The molecule has 36 heavy (non-hydrogen) atoms. The van der Waals surface area contributed by atoms with Gasteiger partial charge in [-0.1, -0.05) is 18.1 Å². The van der Waals surface area contributed by atoms with Gasteiger partial charge in [0.2, 0.25) is 5.91 Å². The average molecular weight is 479 g/mol. The maximum absolute atomic E-state index is 13.1. The molecule has 0 bridgehead atoms. The van der Waals surface area contributed by atoms with Crippen molar-refractivity contribution in [2.24, 2.45) is 5.92 Å². The molecule has 2 aromatic heterocycles. The summed E-state index contributed by atoms with van der Waals surface area (Å²) in [4.78, 5) is 27.3. The highest BCUT2D eigenvalue weighted by Crippen LogP contribution is 2.47. The molecule has 5 heteroatoms. The lowest BCUT2D eigenvalue weighted by molar-refractivity contribution is -0.129. The van der Waals surface area contributed by atoms with Gasteiger partial charge in [0.15, 0.2) is 0 Å². The third-order valence-electron chi connectivity index (χ3n) is 8.33. The van der Waals surface area contributed by atoms with Gasteiger partial charge in [0.25, 0.3) is 0 Å². The van der Waals surface area contributed by atoms with Crippen LogP contribution < -0.4 is 4.90 Å². The number of pyridine rings is 2. The fraction of sp³-hybridized carbons (Fsp3) is 0.452. The number of aromatic nitrogens is 2. The highest BCUT2D eigenvalue weighted by Gasteiger charge is 2.42. The number of rotatable bonds is 6. The minimum absolute atomic E-state index is 0.201. The van der Waals surface area contributed by atoms with Gasteiger partial charge in [-0.2, -0.15) is 0 Å². The number of carbonyl (C=O) groups is 1. The van der Waals surface area contributed by atoms with Crippen LogP contribution in [0.4, 0.5) is 5.82 Å². The zero-order valence-corrected chi connectivity index (χ0v) is 21.2. The summed E-state index contributed by atoms with van der Waals surface area (Å²) in [5.41, 5.74) is 7.55. The van der Waals surface area contributed by atoms with Crippen LogP contribution in [-0.4, -0.2) is 46.5 Å². The van der Waals surface area contributed by atoms with E-state index in [1.807, 2.05) is 18.3 Å². The Morgan fingerprint density at radius 2 is 2.03 bits per heavy atom. The normalized spacial score (nSPS) is 21.6. The molecule has 1 aliphatic heterocycles. The van der Waals surface area contributed by atoms with E-state index in [0.29, 0.717) is 11.8 Å². The molecule has 0 radical (unpaired) electrons. The van der Waals surface area contributed by atoms with Crippen molar-refractivity contribution >= 4 is 17.8 Å². The molecule has 2 aromatic rings. The number of nitrogens with zero attached hydrogens (tertiary/aromatic N) is 4. The molecule has 4 aliphatic rings. The summed E-state index contributed by atoms with van der Waals surface area (Å²) in [7, 11) is 0. The van der Waals surface area contributed by atoms with Crippen LogP contribution in [0.2, 0.25) is 0 Å². The van der Waals surface area contributed by atoms with Gasteiger partial charge in [-0.15, -0.1) is 6.42 Å².